The van der Waals surface area contributed by atoms with Gasteiger partial charge in [0.05, 0.1) is 0 Å². The molecule has 0 bridgehead atoms. The van der Waals surface area contributed by atoms with Gasteiger partial charge in [-0.1, -0.05) is 98.8 Å². The number of aromatic nitrogens is 3. The minimum absolute atomic E-state index is 0.0788. The number of rotatable bonds is 3. The van der Waals surface area contributed by atoms with E-state index in [1.807, 2.05) is 60.7 Å². The molecule has 3 aromatic heterocycles. The van der Waals surface area contributed by atoms with Gasteiger partial charge in [-0.3, -0.25) is 0 Å². The minimum atomic E-state index is -0.0788. The molecule has 9 aromatic rings. The molecule has 0 fully saturated rings. The first kappa shape index (κ1) is 26.2. The Morgan fingerprint density at radius 1 is 0.447 bits per heavy atom. The van der Waals surface area contributed by atoms with E-state index in [0.717, 1.165) is 60.6 Å². The van der Waals surface area contributed by atoms with Crippen LogP contribution in [-0.2, 0) is 5.41 Å². The van der Waals surface area contributed by atoms with Gasteiger partial charge in [-0.25, -0.2) is 15.0 Å². The topological polar surface area (TPSA) is 65.0 Å². The highest BCUT2D eigenvalue weighted by Crippen LogP contribution is 2.53. The second-order valence-electron chi connectivity index (χ2n) is 12.8. The van der Waals surface area contributed by atoms with Crippen LogP contribution in [0.2, 0.25) is 0 Å². The van der Waals surface area contributed by atoms with Crippen LogP contribution in [0.5, 0.6) is 0 Å². The molecular formula is C42H27N3O2. The van der Waals surface area contributed by atoms with Gasteiger partial charge >= 0.3 is 0 Å². The summed E-state index contributed by atoms with van der Waals surface area (Å²) in [5.74, 6) is 1.80. The van der Waals surface area contributed by atoms with Crippen LogP contribution < -0.4 is 0 Å². The first-order valence-electron chi connectivity index (χ1n) is 15.9. The maximum atomic E-state index is 6.55. The number of fused-ring (bicyclic) bond motifs is 10. The van der Waals surface area contributed by atoms with Crippen LogP contribution in [0, 0.1) is 0 Å². The van der Waals surface area contributed by atoms with E-state index in [-0.39, 0.29) is 5.41 Å². The predicted molar refractivity (Wildman–Crippen MR) is 188 cm³/mol. The molecule has 0 N–H and O–H groups in total. The van der Waals surface area contributed by atoms with Crippen LogP contribution >= 0.6 is 0 Å². The number of furan rings is 2. The maximum Gasteiger partial charge on any atom is 0.164 e. The van der Waals surface area contributed by atoms with Crippen molar-refractivity contribution in [1.82, 2.24) is 15.0 Å². The number of benzene rings is 6. The smallest absolute Gasteiger partial charge is 0.164 e. The van der Waals surface area contributed by atoms with Crippen molar-refractivity contribution in [3.8, 4) is 45.3 Å². The molecule has 1 aliphatic carbocycles. The number of nitrogens with zero attached hydrogens (tertiary/aromatic N) is 3. The molecule has 6 aromatic carbocycles. The molecule has 0 saturated heterocycles. The van der Waals surface area contributed by atoms with E-state index in [9.17, 15) is 0 Å². The fourth-order valence-electron chi connectivity index (χ4n) is 7.41. The Balaban J connectivity index is 1.17. The van der Waals surface area contributed by atoms with E-state index in [0.29, 0.717) is 17.5 Å². The van der Waals surface area contributed by atoms with Crippen molar-refractivity contribution in [1.29, 1.82) is 0 Å². The largest absolute Gasteiger partial charge is 0.456 e. The molecule has 10 rings (SSSR count). The Labute approximate surface area is 270 Å². The second-order valence-corrected chi connectivity index (χ2v) is 12.8. The van der Waals surface area contributed by atoms with Crippen LogP contribution in [0.15, 0.2) is 136 Å². The van der Waals surface area contributed by atoms with Crippen molar-refractivity contribution >= 4 is 43.9 Å². The van der Waals surface area contributed by atoms with E-state index in [4.69, 9.17) is 23.8 Å². The van der Waals surface area contributed by atoms with E-state index >= 15 is 0 Å². The molecule has 0 atom stereocenters. The van der Waals surface area contributed by atoms with Crippen molar-refractivity contribution in [2.75, 3.05) is 0 Å². The third-order valence-corrected chi connectivity index (χ3v) is 9.74. The molecular weight excluding hydrogens is 578 g/mol. The second kappa shape index (κ2) is 9.47. The first-order valence-corrected chi connectivity index (χ1v) is 15.9. The Morgan fingerprint density at radius 2 is 1.09 bits per heavy atom. The van der Waals surface area contributed by atoms with E-state index < -0.39 is 0 Å². The number of hydrogen-bond donors (Lipinski definition) is 0. The van der Waals surface area contributed by atoms with Gasteiger partial charge in [0.2, 0.25) is 0 Å². The lowest BCUT2D eigenvalue weighted by Crippen LogP contribution is -2.14. The third kappa shape index (κ3) is 3.80. The monoisotopic (exact) mass is 605 g/mol. The zero-order valence-corrected chi connectivity index (χ0v) is 25.8. The Kier molecular flexibility index (Phi) is 5.28. The highest BCUT2D eigenvalue weighted by Gasteiger charge is 2.37. The van der Waals surface area contributed by atoms with Crippen LogP contribution in [0.3, 0.4) is 0 Å². The van der Waals surface area contributed by atoms with Crippen molar-refractivity contribution in [3.05, 3.63) is 139 Å². The Hall–Kier alpha value is -6.07. The lowest BCUT2D eigenvalue weighted by molar-refractivity contribution is 0.656. The zero-order chi connectivity index (χ0) is 31.3. The summed E-state index contributed by atoms with van der Waals surface area (Å²) >= 11 is 0. The lowest BCUT2D eigenvalue weighted by atomic mass is 9.82. The van der Waals surface area contributed by atoms with Crippen LogP contribution in [0.4, 0.5) is 0 Å². The average molecular weight is 606 g/mol. The van der Waals surface area contributed by atoms with Gasteiger partial charge in [-0.05, 0) is 64.7 Å². The van der Waals surface area contributed by atoms with Gasteiger partial charge in [0.1, 0.15) is 22.3 Å². The maximum absolute atomic E-state index is 6.55. The Morgan fingerprint density at radius 3 is 1.94 bits per heavy atom. The summed E-state index contributed by atoms with van der Waals surface area (Å²) < 4.78 is 12.6. The summed E-state index contributed by atoms with van der Waals surface area (Å²) in [6, 6.07) is 43.7. The van der Waals surface area contributed by atoms with E-state index in [1.54, 1.807) is 0 Å². The highest BCUT2D eigenvalue weighted by atomic mass is 16.3. The normalized spacial score (nSPS) is 13.5. The van der Waals surface area contributed by atoms with Crippen LogP contribution in [-0.4, -0.2) is 15.0 Å². The molecule has 0 unspecified atom stereocenters. The first-order chi connectivity index (χ1) is 23.0. The molecule has 222 valence electrons. The van der Waals surface area contributed by atoms with Crippen molar-refractivity contribution < 1.29 is 8.83 Å². The van der Waals surface area contributed by atoms with Crippen LogP contribution in [0.25, 0.3) is 89.2 Å². The summed E-state index contributed by atoms with van der Waals surface area (Å²) in [7, 11) is 0. The van der Waals surface area contributed by atoms with Gasteiger partial charge in [0, 0.05) is 43.7 Å². The molecule has 0 aliphatic heterocycles. The quantitative estimate of drug-likeness (QED) is 0.200. The molecule has 0 radical (unpaired) electrons. The summed E-state index contributed by atoms with van der Waals surface area (Å²) in [5.41, 5.74) is 11.2. The standard InChI is InChI=1S/C42H27N3O2/c1-42(2)31-14-8-6-13-28(31)37-32(42)19-21-35-38(37)29-18-16-26(23-36(29)47-35)41-44-39(24-10-4-3-5-11-24)43-40(45-41)25-17-20-34-30(22-25)27-12-7-9-15-33(27)46-34/h3-23H,1-2H3. The fraction of sp³-hybridized carbons (Fsp3) is 0.0714. The molecule has 0 saturated carbocycles. The minimum Gasteiger partial charge on any atom is -0.456 e. The molecule has 0 spiro atoms. The van der Waals surface area contributed by atoms with Crippen molar-refractivity contribution in [2.24, 2.45) is 0 Å². The van der Waals surface area contributed by atoms with Gasteiger partial charge < -0.3 is 8.83 Å². The summed E-state index contributed by atoms with van der Waals surface area (Å²) in [5, 5.41) is 4.34. The lowest BCUT2D eigenvalue weighted by Gasteiger charge is -2.21. The summed E-state index contributed by atoms with van der Waals surface area (Å²) in [6.07, 6.45) is 0. The number of hydrogen-bond acceptors (Lipinski definition) is 5. The molecule has 47 heavy (non-hydrogen) atoms. The van der Waals surface area contributed by atoms with Gasteiger partial charge in [0.25, 0.3) is 0 Å². The Bertz CT molecular complexity index is 2720. The number of para-hydroxylation sites is 1. The van der Waals surface area contributed by atoms with Gasteiger partial charge in [0.15, 0.2) is 17.5 Å². The van der Waals surface area contributed by atoms with Gasteiger partial charge in [-0.15, -0.1) is 0 Å². The molecule has 0 amide bonds. The van der Waals surface area contributed by atoms with E-state index in [2.05, 4.69) is 80.6 Å². The van der Waals surface area contributed by atoms with Crippen molar-refractivity contribution in [2.45, 2.75) is 19.3 Å². The molecule has 3 heterocycles. The SMILES string of the molecule is CC1(C)c2ccccc2-c2c1ccc1oc3cc(-c4nc(-c5ccccc5)nc(-c5ccc6oc7ccccc7c6c5)n4)ccc3c21. The van der Waals surface area contributed by atoms with Crippen molar-refractivity contribution in [3.63, 3.8) is 0 Å². The summed E-state index contributed by atoms with van der Waals surface area (Å²) in [6.45, 7) is 4.61. The zero-order valence-electron chi connectivity index (χ0n) is 25.8. The van der Waals surface area contributed by atoms with E-state index in [1.165, 1.54) is 22.3 Å². The highest BCUT2D eigenvalue weighted by molar-refractivity contribution is 6.15. The summed E-state index contributed by atoms with van der Waals surface area (Å²) in [4.78, 5) is 15.0. The third-order valence-electron chi connectivity index (χ3n) is 9.74. The fourth-order valence-corrected chi connectivity index (χ4v) is 7.41. The van der Waals surface area contributed by atoms with Gasteiger partial charge in [-0.2, -0.15) is 0 Å². The molecule has 1 aliphatic rings. The molecule has 5 nitrogen and oxygen atoms in total. The average Bonchev–Trinajstić information content (AvgIpc) is 3.75. The van der Waals surface area contributed by atoms with Crippen LogP contribution in [0.1, 0.15) is 25.0 Å². The predicted octanol–water partition coefficient (Wildman–Crippen LogP) is 11.0. The molecule has 5 heteroatoms.